The maximum Gasteiger partial charge on any atom is 0.245 e. The van der Waals surface area contributed by atoms with Gasteiger partial charge in [0.05, 0.1) is 29.6 Å². The summed E-state index contributed by atoms with van der Waals surface area (Å²) in [5, 5.41) is 2.61. The molecule has 11 heteroatoms. The lowest BCUT2D eigenvalue weighted by Crippen LogP contribution is -2.37. The second-order valence-electron chi connectivity index (χ2n) is 8.14. The zero-order valence-electron chi connectivity index (χ0n) is 19.2. The van der Waals surface area contributed by atoms with Crippen LogP contribution < -0.4 is 14.4 Å². The SMILES string of the molecule is COc1ccc(S(=O)(=O)N2CCCC2)cc1NC(=O)CN(c1cc(C)cc(C)c1)S(C)(=O)=O. The summed E-state index contributed by atoms with van der Waals surface area (Å²) in [6.07, 6.45) is 2.64. The molecular formula is C22H29N3O6S2. The fourth-order valence-corrected chi connectivity index (χ4v) is 6.22. The molecule has 0 saturated carbocycles. The number of carbonyl (C=O) groups excluding carboxylic acids is 1. The Labute approximate surface area is 195 Å². The Morgan fingerprint density at radius 1 is 1.03 bits per heavy atom. The predicted molar refractivity (Wildman–Crippen MR) is 128 cm³/mol. The van der Waals surface area contributed by atoms with Crippen molar-refractivity contribution in [3.05, 3.63) is 47.5 Å². The maximum atomic E-state index is 12.9. The van der Waals surface area contributed by atoms with Crippen molar-refractivity contribution in [1.82, 2.24) is 4.31 Å². The van der Waals surface area contributed by atoms with Crippen molar-refractivity contribution < 1.29 is 26.4 Å². The van der Waals surface area contributed by atoms with Crippen LogP contribution in [0.15, 0.2) is 41.3 Å². The van der Waals surface area contributed by atoms with Crippen molar-refractivity contribution in [3.63, 3.8) is 0 Å². The fraction of sp³-hybridized carbons (Fsp3) is 0.409. The van der Waals surface area contributed by atoms with E-state index in [1.807, 2.05) is 19.9 Å². The number of nitrogens with zero attached hydrogens (tertiary/aromatic N) is 2. The standard InChI is InChI=1S/C22H29N3O6S2/c1-16-11-17(2)13-18(12-16)25(32(4,27)28)15-22(26)23-20-14-19(7-8-21(20)31-3)33(29,30)24-9-5-6-10-24/h7-8,11-14H,5-6,9-10,15H2,1-4H3,(H,23,26). The van der Waals surface area contributed by atoms with E-state index in [9.17, 15) is 21.6 Å². The number of hydrogen-bond donors (Lipinski definition) is 1. The molecule has 1 amide bonds. The number of ether oxygens (including phenoxy) is 1. The van der Waals surface area contributed by atoms with E-state index in [0.717, 1.165) is 34.5 Å². The van der Waals surface area contributed by atoms with E-state index in [1.54, 1.807) is 12.1 Å². The summed E-state index contributed by atoms with van der Waals surface area (Å²) in [5.74, 6) is -0.366. The first-order valence-corrected chi connectivity index (χ1v) is 13.7. The molecule has 0 bridgehead atoms. The summed E-state index contributed by atoms with van der Waals surface area (Å²) in [6.45, 7) is 4.11. The third kappa shape index (κ3) is 5.84. The number of benzene rings is 2. The molecule has 2 aromatic carbocycles. The molecule has 3 rings (SSSR count). The van der Waals surface area contributed by atoms with E-state index >= 15 is 0 Å². The highest BCUT2D eigenvalue weighted by Gasteiger charge is 2.28. The molecule has 0 atom stereocenters. The Morgan fingerprint density at radius 2 is 1.64 bits per heavy atom. The van der Waals surface area contributed by atoms with Gasteiger partial charge in [-0.1, -0.05) is 6.07 Å². The summed E-state index contributed by atoms with van der Waals surface area (Å²) in [5.41, 5.74) is 2.25. The molecule has 0 aromatic heterocycles. The van der Waals surface area contributed by atoms with Crippen molar-refractivity contribution in [3.8, 4) is 5.75 Å². The van der Waals surface area contributed by atoms with E-state index in [2.05, 4.69) is 5.32 Å². The average molecular weight is 496 g/mol. The first-order chi connectivity index (χ1) is 15.4. The minimum Gasteiger partial charge on any atom is -0.495 e. The van der Waals surface area contributed by atoms with Gasteiger partial charge in [-0.25, -0.2) is 16.8 Å². The molecule has 1 N–H and O–H groups in total. The molecule has 180 valence electrons. The number of hydrogen-bond acceptors (Lipinski definition) is 6. The summed E-state index contributed by atoms with van der Waals surface area (Å²) in [4.78, 5) is 12.9. The lowest BCUT2D eigenvalue weighted by atomic mass is 10.1. The minimum atomic E-state index is -3.76. The van der Waals surface area contributed by atoms with Gasteiger partial charge in [0.25, 0.3) is 0 Å². The molecule has 0 unspecified atom stereocenters. The molecular weight excluding hydrogens is 466 g/mol. The third-order valence-corrected chi connectivity index (χ3v) is 8.37. The highest BCUT2D eigenvalue weighted by Crippen LogP contribution is 2.30. The van der Waals surface area contributed by atoms with Crippen LogP contribution in [0.4, 0.5) is 11.4 Å². The smallest absolute Gasteiger partial charge is 0.245 e. The second kappa shape index (κ2) is 9.70. The van der Waals surface area contributed by atoms with Gasteiger partial charge in [0, 0.05) is 13.1 Å². The van der Waals surface area contributed by atoms with E-state index in [0.29, 0.717) is 18.8 Å². The maximum absolute atomic E-state index is 12.9. The fourth-order valence-electron chi connectivity index (χ4n) is 3.84. The lowest BCUT2D eigenvalue weighted by Gasteiger charge is -2.23. The van der Waals surface area contributed by atoms with Crippen molar-refractivity contribution in [2.75, 3.05) is 42.6 Å². The molecule has 33 heavy (non-hydrogen) atoms. The largest absolute Gasteiger partial charge is 0.495 e. The lowest BCUT2D eigenvalue weighted by molar-refractivity contribution is -0.114. The van der Waals surface area contributed by atoms with Crippen LogP contribution in [0.3, 0.4) is 0 Å². The van der Waals surface area contributed by atoms with Crippen LogP contribution in [0.1, 0.15) is 24.0 Å². The molecule has 0 aliphatic carbocycles. The Hall–Kier alpha value is -2.63. The van der Waals surface area contributed by atoms with Crippen LogP contribution in [0.5, 0.6) is 5.75 Å². The van der Waals surface area contributed by atoms with Gasteiger partial charge >= 0.3 is 0 Å². The van der Waals surface area contributed by atoms with Crippen LogP contribution in [0, 0.1) is 13.8 Å². The van der Waals surface area contributed by atoms with E-state index in [1.165, 1.54) is 29.6 Å². The van der Waals surface area contributed by atoms with Gasteiger partial charge in [0.1, 0.15) is 12.3 Å². The van der Waals surface area contributed by atoms with Gasteiger partial charge in [0.15, 0.2) is 0 Å². The van der Waals surface area contributed by atoms with E-state index in [-0.39, 0.29) is 16.3 Å². The van der Waals surface area contributed by atoms with Crippen molar-refractivity contribution in [1.29, 1.82) is 0 Å². The highest BCUT2D eigenvalue weighted by molar-refractivity contribution is 7.92. The molecule has 2 aromatic rings. The van der Waals surface area contributed by atoms with E-state index in [4.69, 9.17) is 4.74 Å². The summed E-state index contributed by atoms with van der Waals surface area (Å²) >= 11 is 0. The predicted octanol–water partition coefficient (Wildman–Crippen LogP) is 2.50. The first-order valence-electron chi connectivity index (χ1n) is 10.5. The van der Waals surface area contributed by atoms with Crippen LogP contribution >= 0.6 is 0 Å². The monoisotopic (exact) mass is 495 g/mol. The van der Waals surface area contributed by atoms with Crippen LogP contribution in [0.25, 0.3) is 0 Å². The number of amides is 1. The van der Waals surface area contributed by atoms with Crippen LogP contribution in [-0.4, -0.2) is 60.0 Å². The number of nitrogens with one attached hydrogen (secondary N) is 1. The Morgan fingerprint density at radius 3 is 2.18 bits per heavy atom. The van der Waals surface area contributed by atoms with Gasteiger partial charge in [-0.15, -0.1) is 0 Å². The summed E-state index contributed by atoms with van der Waals surface area (Å²) < 4.78 is 58.4. The minimum absolute atomic E-state index is 0.0368. The Bertz CT molecular complexity index is 1230. The number of methoxy groups -OCH3 is 1. The summed E-state index contributed by atoms with van der Waals surface area (Å²) in [6, 6.07) is 9.51. The summed E-state index contributed by atoms with van der Waals surface area (Å²) in [7, 11) is -6.06. The van der Waals surface area contributed by atoms with Gasteiger partial charge in [-0.05, 0) is 68.1 Å². The first kappa shape index (κ1) is 25.0. The van der Waals surface area contributed by atoms with Crippen LogP contribution in [0.2, 0.25) is 0 Å². The van der Waals surface area contributed by atoms with Gasteiger partial charge < -0.3 is 10.1 Å². The molecule has 1 aliphatic heterocycles. The van der Waals surface area contributed by atoms with Crippen molar-refractivity contribution >= 4 is 37.3 Å². The number of aryl methyl sites for hydroxylation is 2. The molecule has 1 saturated heterocycles. The van der Waals surface area contributed by atoms with Crippen molar-refractivity contribution in [2.45, 2.75) is 31.6 Å². The Kier molecular flexibility index (Phi) is 7.35. The molecule has 9 nitrogen and oxygen atoms in total. The van der Waals surface area contributed by atoms with Gasteiger partial charge in [0.2, 0.25) is 26.0 Å². The van der Waals surface area contributed by atoms with Gasteiger partial charge in [-0.3, -0.25) is 9.10 Å². The average Bonchev–Trinajstić information content (AvgIpc) is 3.26. The topological polar surface area (TPSA) is 113 Å². The number of sulfonamides is 2. The number of carbonyl (C=O) groups is 1. The molecule has 0 spiro atoms. The van der Waals surface area contributed by atoms with Crippen LogP contribution in [-0.2, 0) is 24.8 Å². The zero-order chi connectivity index (χ0) is 24.4. The molecule has 1 fully saturated rings. The molecule has 1 aliphatic rings. The molecule has 1 heterocycles. The normalized spacial score (nSPS) is 14.8. The molecule has 0 radical (unpaired) electrons. The second-order valence-corrected chi connectivity index (χ2v) is 12.0. The zero-order valence-corrected chi connectivity index (χ0v) is 20.8. The quantitative estimate of drug-likeness (QED) is 0.602. The van der Waals surface area contributed by atoms with E-state index < -0.39 is 32.5 Å². The van der Waals surface area contributed by atoms with Crippen molar-refractivity contribution in [2.24, 2.45) is 0 Å². The number of rotatable bonds is 8. The third-order valence-electron chi connectivity index (χ3n) is 5.33. The Balaban J connectivity index is 1.89. The highest BCUT2D eigenvalue weighted by atomic mass is 32.2. The number of anilines is 2. The van der Waals surface area contributed by atoms with Gasteiger partial charge in [-0.2, -0.15) is 4.31 Å².